The van der Waals surface area contributed by atoms with Crippen LogP contribution in [0.25, 0.3) is 21.3 Å². The maximum absolute atomic E-state index is 9.49. The van der Waals surface area contributed by atoms with Crippen molar-refractivity contribution in [1.29, 1.82) is 0 Å². The summed E-state index contributed by atoms with van der Waals surface area (Å²) < 4.78 is 10.7. The average Bonchev–Trinajstić information content (AvgIpc) is 3.10. The number of hydrogen-bond donors (Lipinski definition) is 2. The Morgan fingerprint density at radius 3 is 2.68 bits per heavy atom. The van der Waals surface area contributed by atoms with Crippen molar-refractivity contribution < 1.29 is 14.6 Å². The number of benzene rings is 1. The number of nitrogens with one attached hydrogen (secondary N) is 1. The van der Waals surface area contributed by atoms with Gasteiger partial charge in [0.1, 0.15) is 17.0 Å². The van der Waals surface area contributed by atoms with E-state index in [0.717, 1.165) is 33.6 Å². The normalized spacial score (nSPS) is 12.2. The summed E-state index contributed by atoms with van der Waals surface area (Å²) in [5.74, 6) is 2.09. The van der Waals surface area contributed by atoms with E-state index < -0.39 is 0 Å². The molecule has 0 spiro atoms. The maximum Gasteiger partial charge on any atom is 0.161 e. The molecule has 1 aromatic carbocycles. The lowest BCUT2D eigenvalue weighted by atomic mass is 10.0. The molecule has 3 aromatic rings. The van der Waals surface area contributed by atoms with Crippen LogP contribution in [-0.2, 0) is 0 Å². The molecule has 6 nitrogen and oxygen atoms in total. The van der Waals surface area contributed by atoms with Crippen LogP contribution in [-0.4, -0.2) is 41.9 Å². The lowest BCUT2D eigenvalue weighted by molar-refractivity contribution is 0.271. The molecule has 0 radical (unpaired) electrons. The van der Waals surface area contributed by atoms with Gasteiger partial charge in [-0.15, -0.1) is 11.3 Å². The van der Waals surface area contributed by atoms with Crippen LogP contribution < -0.4 is 14.8 Å². The van der Waals surface area contributed by atoms with Gasteiger partial charge in [-0.2, -0.15) is 0 Å². The van der Waals surface area contributed by atoms with Crippen molar-refractivity contribution in [2.45, 2.75) is 19.4 Å². The Morgan fingerprint density at radius 2 is 2.00 bits per heavy atom. The van der Waals surface area contributed by atoms with Crippen LogP contribution in [0.4, 0.5) is 5.82 Å². The zero-order valence-corrected chi connectivity index (χ0v) is 15.3. The highest BCUT2D eigenvalue weighted by atomic mass is 32.1. The molecule has 0 aliphatic heterocycles. The van der Waals surface area contributed by atoms with Gasteiger partial charge in [0.2, 0.25) is 0 Å². The third-order valence-corrected chi connectivity index (χ3v) is 5.01. The van der Waals surface area contributed by atoms with Gasteiger partial charge in [0, 0.05) is 10.9 Å². The quantitative estimate of drug-likeness (QED) is 0.672. The highest BCUT2D eigenvalue weighted by molar-refractivity contribution is 7.17. The summed E-state index contributed by atoms with van der Waals surface area (Å²) in [6.45, 7) is 2.08. The molecule has 7 heteroatoms. The van der Waals surface area contributed by atoms with Crippen molar-refractivity contribution in [2.75, 3.05) is 26.1 Å². The largest absolute Gasteiger partial charge is 0.493 e. The maximum atomic E-state index is 9.49. The number of methoxy groups -OCH3 is 2. The van der Waals surface area contributed by atoms with Crippen LogP contribution >= 0.6 is 11.3 Å². The van der Waals surface area contributed by atoms with Gasteiger partial charge in [0.15, 0.2) is 11.5 Å². The Kier molecular flexibility index (Phi) is 5.35. The van der Waals surface area contributed by atoms with Gasteiger partial charge in [-0.05, 0) is 24.1 Å². The van der Waals surface area contributed by atoms with Crippen LogP contribution in [0.15, 0.2) is 29.9 Å². The Morgan fingerprint density at radius 1 is 1.20 bits per heavy atom. The van der Waals surface area contributed by atoms with E-state index in [4.69, 9.17) is 9.47 Å². The van der Waals surface area contributed by atoms with E-state index in [1.54, 1.807) is 31.9 Å². The number of nitrogens with zero attached hydrogens (tertiary/aromatic N) is 2. The number of aliphatic hydroxyl groups excluding tert-OH is 1. The molecule has 2 N–H and O–H groups in total. The monoisotopic (exact) mass is 359 g/mol. The Bertz CT molecular complexity index is 862. The Hall–Kier alpha value is -2.38. The number of aliphatic hydroxyl groups is 1. The Labute approximate surface area is 150 Å². The number of fused-ring (bicyclic) bond motifs is 1. The van der Waals surface area contributed by atoms with Crippen LogP contribution in [0.5, 0.6) is 11.5 Å². The molecule has 0 saturated heterocycles. The van der Waals surface area contributed by atoms with Crippen molar-refractivity contribution in [3.05, 3.63) is 29.9 Å². The first-order chi connectivity index (χ1) is 12.2. The number of anilines is 1. The first-order valence-electron chi connectivity index (χ1n) is 8.03. The number of aromatic nitrogens is 2. The molecule has 2 heterocycles. The van der Waals surface area contributed by atoms with Crippen molar-refractivity contribution in [3.8, 4) is 22.6 Å². The third-order valence-electron chi connectivity index (χ3n) is 4.12. The number of hydrogen-bond acceptors (Lipinski definition) is 7. The van der Waals surface area contributed by atoms with E-state index in [2.05, 4.69) is 20.7 Å². The summed E-state index contributed by atoms with van der Waals surface area (Å²) in [4.78, 5) is 9.67. The van der Waals surface area contributed by atoms with Gasteiger partial charge in [0.25, 0.3) is 0 Å². The fourth-order valence-corrected chi connectivity index (χ4v) is 3.59. The molecule has 0 bridgehead atoms. The van der Waals surface area contributed by atoms with Gasteiger partial charge in [-0.25, -0.2) is 9.97 Å². The second kappa shape index (κ2) is 7.67. The standard InChI is InChI=1S/C18H21N3O3S/c1-4-12(8-22)21-17-16-13(9-25-18(16)20-10-19-17)11-5-6-14(23-2)15(7-11)24-3/h5-7,9-10,12,22H,4,8H2,1-3H3,(H,19,20,21). The molecular weight excluding hydrogens is 338 g/mol. The molecule has 0 aliphatic carbocycles. The van der Waals surface area contributed by atoms with Crippen LogP contribution in [0, 0.1) is 0 Å². The van der Waals surface area contributed by atoms with E-state index in [-0.39, 0.29) is 12.6 Å². The van der Waals surface area contributed by atoms with Gasteiger partial charge in [-0.3, -0.25) is 0 Å². The molecular formula is C18H21N3O3S. The van der Waals surface area contributed by atoms with Crippen LogP contribution in [0.1, 0.15) is 13.3 Å². The summed E-state index contributed by atoms with van der Waals surface area (Å²) in [5.41, 5.74) is 2.02. The predicted molar refractivity (Wildman–Crippen MR) is 101 cm³/mol. The lowest BCUT2D eigenvalue weighted by Crippen LogP contribution is -2.23. The fourth-order valence-electron chi connectivity index (χ4n) is 2.67. The molecule has 0 aliphatic rings. The smallest absolute Gasteiger partial charge is 0.161 e. The minimum Gasteiger partial charge on any atom is -0.493 e. The van der Waals surface area contributed by atoms with E-state index in [1.807, 2.05) is 25.1 Å². The lowest BCUT2D eigenvalue weighted by Gasteiger charge is -2.16. The highest BCUT2D eigenvalue weighted by Crippen LogP contribution is 2.39. The van der Waals surface area contributed by atoms with Crippen LogP contribution in [0.3, 0.4) is 0 Å². The van der Waals surface area contributed by atoms with Gasteiger partial charge < -0.3 is 19.9 Å². The molecule has 0 amide bonds. The van der Waals surface area contributed by atoms with Gasteiger partial charge in [0.05, 0.1) is 32.3 Å². The van der Waals surface area contributed by atoms with E-state index in [0.29, 0.717) is 11.5 Å². The summed E-state index contributed by atoms with van der Waals surface area (Å²) in [7, 11) is 3.24. The zero-order chi connectivity index (χ0) is 17.8. The first-order valence-corrected chi connectivity index (χ1v) is 8.91. The molecule has 0 fully saturated rings. The molecule has 132 valence electrons. The third kappa shape index (κ3) is 3.38. The second-order valence-electron chi connectivity index (χ2n) is 5.55. The molecule has 3 rings (SSSR count). The number of ether oxygens (including phenoxy) is 2. The highest BCUT2D eigenvalue weighted by Gasteiger charge is 2.16. The summed E-state index contributed by atoms with van der Waals surface area (Å²) in [6.07, 6.45) is 2.35. The van der Waals surface area contributed by atoms with Gasteiger partial charge >= 0.3 is 0 Å². The van der Waals surface area contributed by atoms with E-state index >= 15 is 0 Å². The fraction of sp³-hybridized carbons (Fsp3) is 0.333. The minimum absolute atomic E-state index is 0.0451. The molecule has 1 unspecified atom stereocenters. The number of rotatable bonds is 7. The van der Waals surface area contributed by atoms with Crippen LogP contribution in [0.2, 0.25) is 0 Å². The molecule has 1 atom stereocenters. The van der Waals surface area contributed by atoms with E-state index in [1.165, 1.54) is 0 Å². The minimum atomic E-state index is -0.0451. The second-order valence-corrected chi connectivity index (χ2v) is 6.41. The topological polar surface area (TPSA) is 76.5 Å². The van der Waals surface area contributed by atoms with Crippen molar-refractivity contribution >= 4 is 27.4 Å². The summed E-state index contributed by atoms with van der Waals surface area (Å²) in [6, 6.07) is 5.77. The summed E-state index contributed by atoms with van der Waals surface area (Å²) >= 11 is 1.56. The SMILES string of the molecule is CCC(CO)Nc1ncnc2scc(-c3ccc(OC)c(OC)c3)c12. The predicted octanol–water partition coefficient (Wildman–Crippen LogP) is 3.56. The van der Waals surface area contributed by atoms with Crippen molar-refractivity contribution in [2.24, 2.45) is 0 Å². The molecule has 25 heavy (non-hydrogen) atoms. The first kappa shape index (κ1) is 17.4. The zero-order valence-electron chi connectivity index (χ0n) is 14.4. The summed E-state index contributed by atoms with van der Waals surface area (Å²) in [5, 5.41) is 15.8. The molecule has 0 saturated carbocycles. The Balaban J connectivity index is 2.11. The van der Waals surface area contributed by atoms with E-state index in [9.17, 15) is 5.11 Å². The number of thiophene rings is 1. The van der Waals surface area contributed by atoms with Gasteiger partial charge in [-0.1, -0.05) is 13.0 Å². The van der Waals surface area contributed by atoms with Crippen molar-refractivity contribution in [1.82, 2.24) is 9.97 Å². The molecule has 2 aromatic heterocycles. The average molecular weight is 359 g/mol. The van der Waals surface area contributed by atoms with Crippen molar-refractivity contribution in [3.63, 3.8) is 0 Å².